The summed E-state index contributed by atoms with van der Waals surface area (Å²) in [5.41, 5.74) is 6.82. The number of carbonyl (C=O) groups is 2. The third kappa shape index (κ3) is 6.73. The van der Waals surface area contributed by atoms with Crippen molar-refractivity contribution in [1.82, 2.24) is 10.2 Å². The molecule has 21 heavy (non-hydrogen) atoms. The summed E-state index contributed by atoms with van der Waals surface area (Å²) in [6.07, 6.45) is 0. The molecule has 7 heteroatoms. The second-order valence-electron chi connectivity index (χ2n) is 4.65. The van der Waals surface area contributed by atoms with Crippen LogP contribution in [0.5, 0.6) is 0 Å². The molecular formula is C14H22N4O3. The van der Waals surface area contributed by atoms with Gasteiger partial charge in [-0.05, 0) is 19.2 Å². The van der Waals surface area contributed by atoms with Gasteiger partial charge in [0.15, 0.2) is 0 Å². The number of nitrogens with two attached hydrogens (primary N) is 1. The number of nitrogens with zero attached hydrogens (tertiary/aromatic N) is 1. The summed E-state index contributed by atoms with van der Waals surface area (Å²) in [6.45, 7) is 1.16. The molecule has 4 N–H and O–H groups in total. The Hall–Kier alpha value is -2.12. The van der Waals surface area contributed by atoms with Crippen molar-refractivity contribution in [3.8, 4) is 0 Å². The molecule has 7 nitrogen and oxygen atoms in total. The second kappa shape index (κ2) is 8.93. The molecule has 1 rings (SSSR count). The van der Waals surface area contributed by atoms with Gasteiger partial charge in [-0.15, -0.1) is 0 Å². The molecule has 1 aromatic rings. The first-order valence-corrected chi connectivity index (χ1v) is 6.61. The third-order valence-electron chi connectivity index (χ3n) is 2.69. The van der Waals surface area contributed by atoms with Gasteiger partial charge >= 0.3 is 0 Å². The fourth-order valence-electron chi connectivity index (χ4n) is 1.70. The maximum absolute atomic E-state index is 11.9. The zero-order valence-electron chi connectivity index (χ0n) is 12.4. The highest BCUT2D eigenvalue weighted by molar-refractivity contribution is 5.95. The van der Waals surface area contributed by atoms with E-state index in [9.17, 15) is 9.59 Å². The number of para-hydroxylation sites is 2. The van der Waals surface area contributed by atoms with E-state index in [1.165, 1.54) is 0 Å². The van der Waals surface area contributed by atoms with Gasteiger partial charge in [0.2, 0.25) is 11.8 Å². The van der Waals surface area contributed by atoms with Gasteiger partial charge in [0.05, 0.1) is 31.1 Å². The summed E-state index contributed by atoms with van der Waals surface area (Å²) in [7, 11) is 3.27. The predicted molar refractivity (Wildman–Crippen MR) is 81.9 cm³/mol. The van der Waals surface area contributed by atoms with Crippen molar-refractivity contribution in [1.29, 1.82) is 0 Å². The summed E-state index contributed by atoms with van der Waals surface area (Å²) in [5.74, 6) is -0.373. The normalized spacial score (nSPS) is 10.4. The summed E-state index contributed by atoms with van der Waals surface area (Å²) in [5, 5.41) is 5.40. The van der Waals surface area contributed by atoms with Crippen LogP contribution in [-0.4, -0.2) is 57.1 Å². The van der Waals surface area contributed by atoms with Crippen molar-refractivity contribution >= 4 is 23.2 Å². The van der Waals surface area contributed by atoms with Gasteiger partial charge in [-0.3, -0.25) is 14.5 Å². The van der Waals surface area contributed by atoms with E-state index in [-0.39, 0.29) is 24.9 Å². The van der Waals surface area contributed by atoms with Gasteiger partial charge in [-0.25, -0.2) is 0 Å². The largest absolute Gasteiger partial charge is 0.397 e. The van der Waals surface area contributed by atoms with Crippen LogP contribution in [0.25, 0.3) is 0 Å². The van der Waals surface area contributed by atoms with Crippen molar-refractivity contribution in [2.24, 2.45) is 0 Å². The van der Waals surface area contributed by atoms with Crippen LogP contribution in [0.4, 0.5) is 11.4 Å². The standard InChI is InChI=1S/C14H22N4O3/c1-18(9-13(19)16-7-8-21-2)10-14(20)17-12-6-4-3-5-11(12)15/h3-6H,7-10,15H2,1-2H3,(H,16,19)(H,17,20). The fraction of sp³-hybridized carbons (Fsp3) is 0.429. The Morgan fingerprint density at radius 3 is 2.57 bits per heavy atom. The minimum absolute atomic E-state index is 0.103. The van der Waals surface area contributed by atoms with Crippen molar-refractivity contribution in [2.75, 3.05) is 51.4 Å². The van der Waals surface area contributed by atoms with Gasteiger partial charge in [0.1, 0.15) is 0 Å². The highest BCUT2D eigenvalue weighted by Crippen LogP contribution is 2.16. The number of benzene rings is 1. The lowest BCUT2D eigenvalue weighted by atomic mass is 10.2. The quantitative estimate of drug-likeness (QED) is 0.459. The number of methoxy groups -OCH3 is 1. The molecule has 0 saturated heterocycles. The van der Waals surface area contributed by atoms with E-state index in [1.54, 1.807) is 43.3 Å². The molecule has 0 spiro atoms. The Bertz CT molecular complexity index is 479. The Kier molecular flexibility index (Phi) is 7.20. The van der Waals surface area contributed by atoms with Crippen LogP contribution < -0.4 is 16.4 Å². The number of nitrogen functional groups attached to an aromatic ring is 1. The predicted octanol–water partition coefficient (Wildman–Crippen LogP) is -0.0983. The molecule has 2 amide bonds. The summed E-state index contributed by atoms with van der Waals surface area (Å²) in [4.78, 5) is 25.0. The Morgan fingerprint density at radius 2 is 1.90 bits per heavy atom. The van der Waals surface area contributed by atoms with Crippen molar-refractivity contribution in [2.45, 2.75) is 0 Å². The number of anilines is 2. The Morgan fingerprint density at radius 1 is 1.24 bits per heavy atom. The van der Waals surface area contributed by atoms with E-state index in [4.69, 9.17) is 10.5 Å². The highest BCUT2D eigenvalue weighted by atomic mass is 16.5. The molecule has 116 valence electrons. The molecule has 0 unspecified atom stereocenters. The van der Waals surface area contributed by atoms with E-state index < -0.39 is 0 Å². The lowest BCUT2D eigenvalue weighted by molar-refractivity contribution is -0.123. The zero-order valence-corrected chi connectivity index (χ0v) is 12.4. The summed E-state index contributed by atoms with van der Waals surface area (Å²) >= 11 is 0. The van der Waals surface area contributed by atoms with E-state index >= 15 is 0 Å². The lowest BCUT2D eigenvalue weighted by Crippen LogP contribution is -2.39. The average Bonchev–Trinajstić information content (AvgIpc) is 2.41. The first-order valence-electron chi connectivity index (χ1n) is 6.61. The van der Waals surface area contributed by atoms with E-state index in [0.717, 1.165) is 0 Å². The maximum Gasteiger partial charge on any atom is 0.238 e. The smallest absolute Gasteiger partial charge is 0.238 e. The van der Waals surface area contributed by atoms with E-state index in [2.05, 4.69) is 10.6 Å². The van der Waals surface area contributed by atoms with Crippen molar-refractivity contribution < 1.29 is 14.3 Å². The fourth-order valence-corrected chi connectivity index (χ4v) is 1.70. The van der Waals surface area contributed by atoms with E-state index in [0.29, 0.717) is 24.5 Å². The van der Waals surface area contributed by atoms with Gasteiger partial charge in [-0.1, -0.05) is 12.1 Å². The van der Waals surface area contributed by atoms with Crippen LogP contribution in [0.15, 0.2) is 24.3 Å². The van der Waals surface area contributed by atoms with Gasteiger partial charge < -0.3 is 21.1 Å². The number of hydrogen-bond acceptors (Lipinski definition) is 5. The molecule has 1 aromatic carbocycles. The summed E-state index contributed by atoms with van der Waals surface area (Å²) < 4.78 is 4.84. The maximum atomic E-state index is 11.9. The molecule has 0 atom stereocenters. The van der Waals surface area contributed by atoms with Crippen LogP contribution in [-0.2, 0) is 14.3 Å². The zero-order chi connectivity index (χ0) is 15.7. The summed E-state index contributed by atoms with van der Waals surface area (Å²) in [6, 6.07) is 7.02. The van der Waals surface area contributed by atoms with Crippen LogP contribution in [0.1, 0.15) is 0 Å². The molecular weight excluding hydrogens is 272 g/mol. The van der Waals surface area contributed by atoms with Gasteiger partial charge in [0.25, 0.3) is 0 Å². The van der Waals surface area contributed by atoms with Crippen LogP contribution in [0, 0.1) is 0 Å². The van der Waals surface area contributed by atoms with Crippen LogP contribution in [0.2, 0.25) is 0 Å². The topological polar surface area (TPSA) is 96.7 Å². The lowest BCUT2D eigenvalue weighted by Gasteiger charge is -2.16. The molecule has 0 bridgehead atoms. The molecule has 0 aliphatic carbocycles. The average molecular weight is 294 g/mol. The molecule has 0 saturated carbocycles. The molecule has 0 aliphatic heterocycles. The first kappa shape index (κ1) is 16.9. The third-order valence-corrected chi connectivity index (χ3v) is 2.69. The number of rotatable bonds is 8. The number of ether oxygens (including phenoxy) is 1. The first-order chi connectivity index (χ1) is 10.0. The molecule has 0 heterocycles. The number of carbonyl (C=O) groups excluding carboxylic acids is 2. The SMILES string of the molecule is COCCNC(=O)CN(C)CC(=O)Nc1ccccc1N. The number of hydrogen-bond donors (Lipinski definition) is 3. The molecule has 0 radical (unpaired) electrons. The number of amides is 2. The Balaban J connectivity index is 2.34. The van der Waals surface area contributed by atoms with Crippen molar-refractivity contribution in [3.05, 3.63) is 24.3 Å². The van der Waals surface area contributed by atoms with Gasteiger partial charge in [0, 0.05) is 13.7 Å². The van der Waals surface area contributed by atoms with Crippen LogP contribution in [0.3, 0.4) is 0 Å². The second-order valence-corrected chi connectivity index (χ2v) is 4.65. The number of nitrogens with one attached hydrogen (secondary N) is 2. The van der Waals surface area contributed by atoms with Crippen LogP contribution >= 0.6 is 0 Å². The Labute approximate surface area is 124 Å². The minimum atomic E-state index is -0.222. The highest BCUT2D eigenvalue weighted by Gasteiger charge is 2.11. The monoisotopic (exact) mass is 294 g/mol. The van der Waals surface area contributed by atoms with Gasteiger partial charge in [-0.2, -0.15) is 0 Å². The molecule has 0 fully saturated rings. The number of likely N-dealkylation sites (N-methyl/N-ethyl adjacent to an activating group) is 1. The molecule has 0 aromatic heterocycles. The van der Waals surface area contributed by atoms with Crippen molar-refractivity contribution in [3.63, 3.8) is 0 Å². The minimum Gasteiger partial charge on any atom is -0.397 e. The van der Waals surface area contributed by atoms with E-state index in [1.807, 2.05) is 0 Å². The molecule has 0 aliphatic rings.